The fourth-order valence-electron chi connectivity index (χ4n) is 2.42. The van der Waals surface area contributed by atoms with Crippen LogP contribution in [0.25, 0.3) is 0 Å². The van der Waals surface area contributed by atoms with Gasteiger partial charge in [-0.2, -0.15) is 13.2 Å². The number of hydrogen-bond acceptors (Lipinski definition) is 4. The largest absolute Gasteiger partial charge is 0.404 e. The van der Waals surface area contributed by atoms with Gasteiger partial charge in [-0.1, -0.05) is 30.1 Å². The number of halogens is 6. The van der Waals surface area contributed by atoms with Gasteiger partial charge in [0.1, 0.15) is 18.0 Å². The van der Waals surface area contributed by atoms with Crippen LogP contribution in [0.2, 0.25) is 10.0 Å². The molecule has 0 saturated heterocycles. The Labute approximate surface area is 185 Å². The highest BCUT2D eigenvalue weighted by molar-refractivity contribution is 6.31. The van der Waals surface area contributed by atoms with Gasteiger partial charge in [-0.3, -0.25) is 10.1 Å². The predicted octanol–water partition coefficient (Wildman–Crippen LogP) is 4.14. The van der Waals surface area contributed by atoms with Crippen LogP contribution >= 0.6 is 23.2 Å². The van der Waals surface area contributed by atoms with Crippen LogP contribution in [0.5, 0.6) is 0 Å². The molecule has 168 valence electrons. The van der Waals surface area contributed by atoms with Crippen molar-refractivity contribution < 1.29 is 22.4 Å². The highest BCUT2D eigenvalue weighted by atomic mass is 35.5. The van der Waals surface area contributed by atoms with Gasteiger partial charge < -0.3 is 16.8 Å². The summed E-state index contributed by atoms with van der Waals surface area (Å²) in [5.74, 6) is -3.00. The van der Waals surface area contributed by atoms with Gasteiger partial charge in [0.25, 0.3) is 5.91 Å². The molecule has 2 rings (SSSR count). The SMILES string of the molecule is CC(C(N)N=C(NC(=O)c1ccc(Cl)cc1)Nc1cc(F)cc(Cl)c1)C(N)C(F)(F)F. The van der Waals surface area contributed by atoms with E-state index in [4.69, 9.17) is 34.7 Å². The topological polar surface area (TPSA) is 106 Å². The standard InChI is InChI=1S/C19H19Cl2F4N5O/c1-9(15(26)19(23,24)25)16(27)29-18(28-14-7-12(21)6-13(22)8-14)30-17(31)10-2-4-11(20)5-3-10/h2-9,15-16H,26-27H2,1H3,(H2,28,29,30,31). The number of carbonyl (C=O) groups excluding carboxylic acids is 1. The van der Waals surface area contributed by atoms with E-state index in [0.717, 1.165) is 12.1 Å². The first-order chi connectivity index (χ1) is 14.4. The summed E-state index contributed by atoms with van der Waals surface area (Å²) in [6.07, 6.45) is -6.14. The number of hydrogen-bond donors (Lipinski definition) is 4. The van der Waals surface area contributed by atoms with Crippen molar-refractivity contribution in [3.8, 4) is 0 Å². The molecule has 31 heavy (non-hydrogen) atoms. The Kier molecular flexibility index (Phi) is 8.24. The van der Waals surface area contributed by atoms with Crippen LogP contribution in [0.1, 0.15) is 17.3 Å². The average molecular weight is 480 g/mol. The lowest BCUT2D eigenvalue weighted by Crippen LogP contribution is -2.50. The Balaban J connectivity index is 2.32. The molecule has 0 aliphatic carbocycles. The predicted molar refractivity (Wildman–Crippen MR) is 113 cm³/mol. The molecule has 0 saturated carbocycles. The number of nitrogens with two attached hydrogens (primary N) is 2. The van der Waals surface area contributed by atoms with E-state index in [2.05, 4.69) is 15.6 Å². The highest BCUT2D eigenvalue weighted by Gasteiger charge is 2.42. The number of aliphatic imine (C=N–C) groups is 1. The molecule has 0 aliphatic heterocycles. The first kappa shape index (κ1) is 24.9. The van der Waals surface area contributed by atoms with Crippen molar-refractivity contribution in [1.29, 1.82) is 0 Å². The molecular weight excluding hydrogens is 461 g/mol. The fraction of sp³-hybridized carbons (Fsp3) is 0.263. The molecule has 0 bridgehead atoms. The summed E-state index contributed by atoms with van der Waals surface area (Å²) < 4.78 is 52.4. The van der Waals surface area contributed by atoms with Gasteiger partial charge in [0, 0.05) is 27.2 Å². The maximum atomic E-state index is 13.6. The smallest absolute Gasteiger partial charge is 0.326 e. The molecule has 6 nitrogen and oxygen atoms in total. The van der Waals surface area contributed by atoms with Gasteiger partial charge in [0.05, 0.1) is 0 Å². The second kappa shape index (κ2) is 10.3. The molecule has 2 aromatic rings. The van der Waals surface area contributed by atoms with E-state index >= 15 is 0 Å². The van der Waals surface area contributed by atoms with E-state index in [1.807, 2.05) is 0 Å². The molecule has 0 spiro atoms. The Morgan fingerprint density at radius 1 is 1.06 bits per heavy atom. The van der Waals surface area contributed by atoms with E-state index in [9.17, 15) is 22.4 Å². The van der Waals surface area contributed by atoms with Crippen molar-refractivity contribution in [2.24, 2.45) is 22.4 Å². The van der Waals surface area contributed by atoms with Crippen molar-refractivity contribution >= 4 is 40.8 Å². The van der Waals surface area contributed by atoms with Gasteiger partial charge >= 0.3 is 6.18 Å². The zero-order chi connectivity index (χ0) is 23.3. The number of rotatable bonds is 5. The maximum Gasteiger partial charge on any atom is 0.404 e. The second-order valence-corrected chi connectivity index (χ2v) is 7.51. The van der Waals surface area contributed by atoms with Crippen molar-refractivity contribution in [2.75, 3.05) is 5.32 Å². The number of carbonyl (C=O) groups is 1. The maximum absolute atomic E-state index is 13.6. The molecule has 3 unspecified atom stereocenters. The van der Waals surface area contributed by atoms with Gasteiger partial charge in [-0.05, 0) is 42.5 Å². The molecule has 3 atom stereocenters. The number of benzene rings is 2. The number of alkyl halides is 3. The lowest BCUT2D eigenvalue weighted by Gasteiger charge is -2.26. The number of anilines is 1. The van der Waals surface area contributed by atoms with Crippen molar-refractivity contribution in [1.82, 2.24) is 5.32 Å². The first-order valence-corrected chi connectivity index (χ1v) is 9.58. The molecular formula is C19H19Cl2F4N5O. The summed E-state index contributed by atoms with van der Waals surface area (Å²) in [5, 5.41) is 5.44. The summed E-state index contributed by atoms with van der Waals surface area (Å²) >= 11 is 11.6. The van der Waals surface area contributed by atoms with Crippen LogP contribution in [0.3, 0.4) is 0 Å². The van der Waals surface area contributed by atoms with E-state index in [-0.39, 0.29) is 22.2 Å². The molecule has 6 N–H and O–H groups in total. The lowest BCUT2D eigenvalue weighted by atomic mass is 10.00. The number of nitrogens with one attached hydrogen (secondary N) is 2. The van der Waals surface area contributed by atoms with Crippen molar-refractivity contribution in [2.45, 2.75) is 25.3 Å². The van der Waals surface area contributed by atoms with E-state index < -0.39 is 36.0 Å². The number of guanidine groups is 1. The fourth-order valence-corrected chi connectivity index (χ4v) is 2.76. The molecule has 0 radical (unpaired) electrons. The minimum atomic E-state index is -4.69. The quantitative estimate of drug-likeness (QED) is 0.293. The average Bonchev–Trinajstić information content (AvgIpc) is 2.65. The minimum absolute atomic E-state index is 0.0441. The second-order valence-electron chi connectivity index (χ2n) is 6.64. The molecule has 2 aromatic carbocycles. The van der Waals surface area contributed by atoms with Gasteiger partial charge in [-0.25, -0.2) is 9.38 Å². The number of amides is 1. The van der Waals surface area contributed by atoms with Crippen LogP contribution in [0.4, 0.5) is 23.2 Å². The van der Waals surface area contributed by atoms with Crippen molar-refractivity contribution in [3.05, 3.63) is 63.9 Å². The molecule has 0 heterocycles. The summed E-state index contributed by atoms with van der Waals surface area (Å²) in [5.41, 5.74) is 11.3. The van der Waals surface area contributed by atoms with Gasteiger partial charge in [0.15, 0.2) is 0 Å². The summed E-state index contributed by atoms with van der Waals surface area (Å²) in [4.78, 5) is 16.4. The van der Waals surface area contributed by atoms with Crippen LogP contribution in [-0.4, -0.2) is 30.3 Å². The van der Waals surface area contributed by atoms with Crippen LogP contribution in [0, 0.1) is 11.7 Å². The molecule has 0 aliphatic rings. The van der Waals surface area contributed by atoms with Crippen LogP contribution < -0.4 is 22.1 Å². The summed E-state index contributed by atoms with van der Waals surface area (Å²) in [6, 6.07) is 6.98. The third-order valence-corrected chi connectivity index (χ3v) is 4.70. The molecule has 0 aromatic heterocycles. The third-order valence-electron chi connectivity index (χ3n) is 4.22. The van der Waals surface area contributed by atoms with Crippen molar-refractivity contribution in [3.63, 3.8) is 0 Å². The minimum Gasteiger partial charge on any atom is -0.326 e. The molecule has 12 heteroatoms. The normalized spacial score (nSPS) is 15.2. The lowest BCUT2D eigenvalue weighted by molar-refractivity contribution is -0.159. The van der Waals surface area contributed by atoms with Crippen LogP contribution in [0.15, 0.2) is 47.5 Å². The Bertz CT molecular complexity index is 933. The third kappa shape index (κ3) is 7.35. The monoisotopic (exact) mass is 479 g/mol. The summed E-state index contributed by atoms with van der Waals surface area (Å²) in [6.45, 7) is 1.17. The highest BCUT2D eigenvalue weighted by Crippen LogP contribution is 2.25. The zero-order valence-corrected chi connectivity index (χ0v) is 17.6. The van der Waals surface area contributed by atoms with Gasteiger partial charge in [0.2, 0.25) is 5.96 Å². The van der Waals surface area contributed by atoms with E-state index in [1.54, 1.807) is 0 Å². The molecule has 1 amide bonds. The van der Waals surface area contributed by atoms with E-state index in [1.165, 1.54) is 37.3 Å². The van der Waals surface area contributed by atoms with Crippen LogP contribution in [-0.2, 0) is 0 Å². The Hall–Kier alpha value is -2.40. The zero-order valence-electron chi connectivity index (χ0n) is 16.1. The van der Waals surface area contributed by atoms with Gasteiger partial charge in [-0.15, -0.1) is 0 Å². The Morgan fingerprint density at radius 3 is 2.23 bits per heavy atom. The Morgan fingerprint density at radius 2 is 1.68 bits per heavy atom. The molecule has 0 fully saturated rings. The number of nitrogens with zero attached hydrogens (tertiary/aromatic N) is 1. The van der Waals surface area contributed by atoms with E-state index in [0.29, 0.717) is 5.02 Å². The first-order valence-electron chi connectivity index (χ1n) is 8.82. The summed E-state index contributed by atoms with van der Waals surface area (Å²) in [7, 11) is 0.